The van der Waals surface area contributed by atoms with E-state index in [4.69, 9.17) is 17.0 Å². The van der Waals surface area contributed by atoms with Gasteiger partial charge in [0, 0.05) is 18.3 Å². The molecule has 1 unspecified atom stereocenters. The fourth-order valence-corrected chi connectivity index (χ4v) is 2.98. The quantitative estimate of drug-likeness (QED) is 0.357. The summed E-state index contributed by atoms with van der Waals surface area (Å²) in [5.41, 5.74) is 0.758. The normalized spacial score (nSPS) is 12.4. The fraction of sp³-hybridized carbons (Fsp3) is 0.737. The molecule has 1 rings (SSSR count). The first-order valence-electron chi connectivity index (χ1n) is 9.33. The molecule has 0 bridgehead atoms. The van der Waals surface area contributed by atoms with Gasteiger partial charge >= 0.3 is 11.7 Å². The Bertz CT molecular complexity index is 649. The summed E-state index contributed by atoms with van der Waals surface area (Å²) >= 11 is 5.04. The van der Waals surface area contributed by atoms with E-state index in [2.05, 4.69) is 25.8 Å². The van der Waals surface area contributed by atoms with Crippen molar-refractivity contribution in [2.75, 3.05) is 6.61 Å². The molecule has 0 aliphatic heterocycles. The zero-order valence-electron chi connectivity index (χ0n) is 16.0. The highest BCUT2D eigenvalue weighted by atomic mass is 32.1. The van der Waals surface area contributed by atoms with Crippen LogP contribution in [0.15, 0.2) is 11.0 Å². The van der Waals surface area contributed by atoms with Crippen molar-refractivity contribution >= 4 is 18.2 Å². The van der Waals surface area contributed by atoms with Gasteiger partial charge in [-0.15, -0.1) is 0 Å². The minimum Gasteiger partial charge on any atom is -0.465 e. The lowest BCUT2D eigenvalue weighted by Crippen LogP contribution is -2.23. The fourth-order valence-electron chi connectivity index (χ4n) is 2.84. The minimum absolute atomic E-state index is 0.0173. The molecule has 0 spiro atoms. The van der Waals surface area contributed by atoms with Gasteiger partial charge in [0.1, 0.15) is 4.64 Å². The second-order valence-corrected chi connectivity index (χ2v) is 7.39. The van der Waals surface area contributed by atoms with Crippen LogP contribution in [0.4, 0.5) is 0 Å². The Morgan fingerprint density at radius 3 is 2.60 bits per heavy atom. The van der Waals surface area contributed by atoms with Crippen LogP contribution < -0.4 is 5.69 Å². The summed E-state index contributed by atoms with van der Waals surface area (Å²) in [4.78, 5) is 26.5. The first-order chi connectivity index (χ1) is 11.9. The van der Waals surface area contributed by atoms with Crippen LogP contribution in [0.2, 0.25) is 0 Å². The lowest BCUT2D eigenvalue weighted by Gasteiger charge is -2.18. The molecule has 142 valence electrons. The molecule has 0 fully saturated rings. The average molecular weight is 369 g/mol. The molecule has 5 nitrogen and oxygen atoms in total. The van der Waals surface area contributed by atoms with Crippen LogP contribution >= 0.6 is 12.2 Å². The summed E-state index contributed by atoms with van der Waals surface area (Å²) < 4.78 is 7.60. The Labute approximate surface area is 155 Å². The van der Waals surface area contributed by atoms with Crippen LogP contribution in [0.25, 0.3) is 0 Å². The van der Waals surface area contributed by atoms with Gasteiger partial charge in [-0.1, -0.05) is 45.8 Å². The highest BCUT2D eigenvalue weighted by molar-refractivity contribution is 7.71. The number of nitrogens with zero attached hydrogens (tertiary/aromatic N) is 1. The first-order valence-corrected chi connectivity index (χ1v) is 9.74. The Morgan fingerprint density at radius 1 is 1.28 bits per heavy atom. The maximum atomic E-state index is 12.1. The monoisotopic (exact) mass is 368 g/mol. The van der Waals surface area contributed by atoms with Crippen LogP contribution in [0.1, 0.15) is 64.9 Å². The van der Waals surface area contributed by atoms with Gasteiger partial charge in [0.2, 0.25) is 0 Å². The maximum absolute atomic E-state index is 12.1. The van der Waals surface area contributed by atoms with Crippen molar-refractivity contribution in [1.29, 1.82) is 0 Å². The number of carbonyl (C=O) groups is 1. The minimum atomic E-state index is -0.153. The van der Waals surface area contributed by atoms with E-state index in [-0.39, 0.29) is 17.6 Å². The number of esters is 1. The average Bonchev–Trinajstić information content (AvgIpc) is 2.55. The van der Waals surface area contributed by atoms with Gasteiger partial charge in [-0.05, 0) is 38.5 Å². The Morgan fingerprint density at radius 2 is 1.96 bits per heavy atom. The number of hydrogen-bond donors (Lipinski definition) is 1. The zero-order valence-corrected chi connectivity index (χ0v) is 16.8. The van der Waals surface area contributed by atoms with E-state index in [0.29, 0.717) is 23.7 Å². The highest BCUT2D eigenvalue weighted by Crippen LogP contribution is 2.19. The van der Waals surface area contributed by atoms with Crippen molar-refractivity contribution in [3.8, 4) is 0 Å². The number of aromatic amines is 1. The molecular weight excluding hydrogens is 336 g/mol. The van der Waals surface area contributed by atoms with E-state index >= 15 is 0 Å². The van der Waals surface area contributed by atoms with Crippen molar-refractivity contribution in [3.63, 3.8) is 0 Å². The number of H-pyrrole nitrogens is 1. The molecule has 1 heterocycles. The van der Waals surface area contributed by atoms with Crippen molar-refractivity contribution < 1.29 is 9.53 Å². The standard InChI is InChI=1S/C19H32N2O3S/c1-5-10-16(14(2)3)18(22)24-12-9-7-6-8-11-21-13-15(4)17(25)20-19(21)23/h13-14,16H,5-12H2,1-4H3,(H,20,23,25). The third-order valence-corrected chi connectivity index (χ3v) is 4.86. The van der Waals surface area contributed by atoms with Gasteiger partial charge in [-0.3, -0.25) is 9.78 Å². The Balaban J connectivity index is 2.22. The van der Waals surface area contributed by atoms with Crippen LogP contribution in [-0.4, -0.2) is 22.1 Å². The summed E-state index contributed by atoms with van der Waals surface area (Å²) in [5, 5.41) is 0. The van der Waals surface area contributed by atoms with Gasteiger partial charge in [0.25, 0.3) is 0 Å². The smallest absolute Gasteiger partial charge is 0.326 e. The molecule has 0 amide bonds. The molecule has 0 saturated heterocycles. The molecule has 6 heteroatoms. The van der Waals surface area contributed by atoms with E-state index in [1.165, 1.54) is 0 Å². The Hall–Kier alpha value is -1.43. The summed E-state index contributed by atoms with van der Waals surface area (Å²) in [6.45, 7) is 9.30. The molecule has 1 atom stereocenters. The number of ether oxygens (including phenoxy) is 1. The second kappa shape index (κ2) is 11.2. The van der Waals surface area contributed by atoms with E-state index in [1.807, 2.05) is 13.1 Å². The number of aryl methyl sites for hydroxylation is 2. The third kappa shape index (κ3) is 7.55. The lowest BCUT2D eigenvalue weighted by atomic mass is 9.91. The molecule has 0 aromatic carbocycles. The van der Waals surface area contributed by atoms with Crippen LogP contribution in [0.5, 0.6) is 0 Å². The van der Waals surface area contributed by atoms with Gasteiger partial charge in [-0.25, -0.2) is 4.79 Å². The molecule has 0 saturated carbocycles. The molecule has 1 aromatic rings. The van der Waals surface area contributed by atoms with Gasteiger partial charge in [0.15, 0.2) is 0 Å². The van der Waals surface area contributed by atoms with Gasteiger partial charge < -0.3 is 9.30 Å². The number of unbranched alkanes of at least 4 members (excludes halogenated alkanes) is 3. The number of hydrogen-bond acceptors (Lipinski definition) is 4. The number of carbonyl (C=O) groups excluding carboxylic acids is 1. The summed E-state index contributed by atoms with van der Waals surface area (Å²) in [6, 6.07) is 0. The van der Waals surface area contributed by atoms with E-state index < -0.39 is 0 Å². The van der Waals surface area contributed by atoms with Crippen LogP contribution in [0, 0.1) is 23.4 Å². The number of aromatic nitrogens is 2. The SMILES string of the molecule is CCCC(C(=O)OCCCCCCn1cc(C)c(=S)[nH]c1=O)C(C)C. The van der Waals surface area contributed by atoms with E-state index in [9.17, 15) is 9.59 Å². The first kappa shape index (κ1) is 21.6. The predicted molar refractivity (Wildman–Crippen MR) is 103 cm³/mol. The molecule has 0 radical (unpaired) electrons. The van der Waals surface area contributed by atoms with Crippen LogP contribution in [-0.2, 0) is 16.1 Å². The van der Waals surface area contributed by atoms with Crippen molar-refractivity contribution in [2.45, 2.75) is 72.8 Å². The summed E-state index contributed by atoms with van der Waals surface area (Å²) in [6.07, 6.45) is 7.48. The van der Waals surface area contributed by atoms with Gasteiger partial charge in [-0.2, -0.15) is 0 Å². The Kier molecular flexibility index (Phi) is 9.71. The molecule has 1 aromatic heterocycles. The van der Waals surface area contributed by atoms with Crippen molar-refractivity contribution in [1.82, 2.24) is 9.55 Å². The molecule has 0 aliphatic carbocycles. The third-order valence-electron chi connectivity index (χ3n) is 4.43. The topological polar surface area (TPSA) is 64.1 Å². The second-order valence-electron chi connectivity index (χ2n) is 6.99. The van der Waals surface area contributed by atoms with E-state index in [0.717, 1.165) is 44.1 Å². The highest BCUT2D eigenvalue weighted by Gasteiger charge is 2.22. The maximum Gasteiger partial charge on any atom is 0.326 e. The molecule has 25 heavy (non-hydrogen) atoms. The van der Waals surface area contributed by atoms with Crippen molar-refractivity contribution in [2.24, 2.45) is 11.8 Å². The number of rotatable bonds is 11. The van der Waals surface area contributed by atoms with Crippen LogP contribution in [0.3, 0.4) is 0 Å². The summed E-state index contributed by atoms with van der Waals surface area (Å²) in [7, 11) is 0. The largest absolute Gasteiger partial charge is 0.465 e. The predicted octanol–water partition coefficient (Wildman–Crippen LogP) is 4.39. The molecule has 1 N–H and O–H groups in total. The number of nitrogens with one attached hydrogen (secondary N) is 1. The van der Waals surface area contributed by atoms with Crippen molar-refractivity contribution in [3.05, 3.63) is 26.9 Å². The van der Waals surface area contributed by atoms with E-state index in [1.54, 1.807) is 4.57 Å². The molecular formula is C19H32N2O3S. The lowest BCUT2D eigenvalue weighted by molar-refractivity contribution is -0.150. The zero-order chi connectivity index (χ0) is 18.8. The molecule has 0 aliphatic rings. The summed E-state index contributed by atoms with van der Waals surface area (Å²) in [5.74, 6) is 0.287. The van der Waals surface area contributed by atoms with Gasteiger partial charge in [0.05, 0.1) is 12.5 Å².